The summed E-state index contributed by atoms with van der Waals surface area (Å²) in [6, 6.07) is 6.39. The number of rotatable bonds is 7. The molecule has 1 amide bonds. The van der Waals surface area contributed by atoms with Crippen molar-refractivity contribution in [3.63, 3.8) is 0 Å². The monoisotopic (exact) mass is 299 g/mol. The van der Waals surface area contributed by atoms with Crippen LogP contribution in [0.4, 0.5) is 0 Å². The quantitative estimate of drug-likeness (QED) is 0.754. The summed E-state index contributed by atoms with van der Waals surface area (Å²) in [7, 11) is -3.75. The zero-order valence-electron chi connectivity index (χ0n) is 11.7. The molecule has 0 aliphatic rings. The van der Waals surface area contributed by atoms with E-state index in [4.69, 9.17) is 11.5 Å². The van der Waals surface area contributed by atoms with Gasteiger partial charge in [-0.15, -0.1) is 0 Å². The Morgan fingerprint density at radius 3 is 2.50 bits per heavy atom. The number of primary amides is 1. The molecule has 0 unspecified atom stereocenters. The Morgan fingerprint density at radius 1 is 1.35 bits per heavy atom. The number of hydrogen-bond acceptors (Lipinski definition) is 4. The van der Waals surface area contributed by atoms with Gasteiger partial charge < -0.3 is 11.5 Å². The third-order valence-corrected chi connectivity index (χ3v) is 4.48. The van der Waals surface area contributed by atoms with Crippen molar-refractivity contribution in [2.24, 2.45) is 17.4 Å². The van der Waals surface area contributed by atoms with Gasteiger partial charge in [0.25, 0.3) is 0 Å². The second kappa shape index (κ2) is 6.83. The van der Waals surface area contributed by atoms with Crippen LogP contribution in [0, 0.1) is 5.92 Å². The summed E-state index contributed by atoms with van der Waals surface area (Å²) in [6.45, 7) is 3.91. The third-order valence-electron chi connectivity index (χ3n) is 2.67. The molecule has 0 bridgehead atoms. The van der Waals surface area contributed by atoms with E-state index in [1.54, 1.807) is 12.1 Å². The van der Waals surface area contributed by atoms with Crippen LogP contribution in [0.3, 0.4) is 0 Å². The van der Waals surface area contributed by atoms with Crippen molar-refractivity contribution in [2.45, 2.75) is 25.3 Å². The molecule has 1 aromatic rings. The van der Waals surface area contributed by atoms with Gasteiger partial charge in [-0.05, 0) is 23.6 Å². The maximum atomic E-state index is 12.5. The van der Waals surface area contributed by atoms with Gasteiger partial charge in [0.05, 0.1) is 11.4 Å². The Kier molecular flexibility index (Phi) is 5.67. The molecule has 0 heterocycles. The molecule has 20 heavy (non-hydrogen) atoms. The van der Waals surface area contributed by atoms with Crippen LogP contribution in [-0.2, 0) is 21.4 Å². The van der Waals surface area contributed by atoms with Gasteiger partial charge in [-0.1, -0.05) is 26.0 Å². The molecule has 4 N–H and O–H groups in total. The van der Waals surface area contributed by atoms with Gasteiger partial charge >= 0.3 is 0 Å². The van der Waals surface area contributed by atoms with Crippen molar-refractivity contribution in [2.75, 3.05) is 13.1 Å². The molecule has 0 saturated heterocycles. The fourth-order valence-electron chi connectivity index (χ4n) is 1.81. The number of hydrogen-bond donors (Lipinski definition) is 2. The zero-order chi connectivity index (χ0) is 15.3. The molecule has 0 saturated carbocycles. The van der Waals surface area contributed by atoms with E-state index < -0.39 is 15.9 Å². The minimum Gasteiger partial charge on any atom is -0.369 e. The molecule has 0 atom stereocenters. The Balaban J connectivity index is 3.17. The molecule has 7 heteroatoms. The van der Waals surface area contributed by atoms with E-state index in [-0.39, 0.29) is 30.4 Å². The summed E-state index contributed by atoms with van der Waals surface area (Å²) in [6.07, 6.45) is 0. The predicted molar refractivity (Wildman–Crippen MR) is 77.1 cm³/mol. The number of amides is 1. The predicted octanol–water partition coefficient (Wildman–Crippen LogP) is 0.277. The van der Waals surface area contributed by atoms with Crippen molar-refractivity contribution in [1.29, 1.82) is 0 Å². The molecular weight excluding hydrogens is 278 g/mol. The van der Waals surface area contributed by atoms with E-state index in [0.717, 1.165) is 9.87 Å². The average Bonchev–Trinajstić information content (AvgIpc) is 2.37. The maximum Gasteiger partial charge on any atom is 0.243 e. The smallest absolute Gasteiger partial charge is 0.243 e. The SMILES string of the molecule is CC(C)CN(CC(N)=O)S(=O)(=O)c1cccc(CN)c1. The molecule has 0 fully saturated rings. The van der Waals surface area contributed by atoms with Gasteiger partial charge in [0.2, 0.25) is 15.9 Å². The Morgan fingerprint density at radius 2 is 2.00 bits per heavy atom. The normalized spacial score (nSPS) is 12.1. The van der Waals surface area contributed by atoms with Gasteiger partial charge in [-0.25, -0.2) is 8.42 Å². The summed E-state index contributed by atoms with van der Waals surface area (Å²) < 4.78 is 26.2. The van der Waals surface area contributed by atoms with Crippen LogP contribution in [0.25, 0.3) is 0 Å². The van der Waals surface area contributed by atoms with E-state index in [0.29, 0.717) is 0 Å². The average molecular weight is 299 g/mol. The number of nitrogens with two attached hydrogens (primary N) is 2. The van der Waals surface area contributed by atoms with Crippen LogP contribution < -0.4 is 11.5 Å². The van der Waals surface area contributed by atoms with E-state index in [2.05, 4.69) is 0 Å². The number of carbonyl (C=O) groups excluding carboxylic acids is 1. The van der Waals surface area contributed by atoms with E-state index in [1.165, 1.54) is 12.1 Å². The van der Waals surface area contributed by atoms with Crippen LogP contribution in [0.15, 0.2) is 29.2 Å². The lowest BCUT2D eigenvalue weighted by Crippen LogP contribution is -2.40. The van der Waals surface area contributed by atoms with Crippen LogP contribution in [0.1, 0.15) is 19.4 Å². The highest BCUT2D eigenvalue weighted by atomic mass is 32.2. The number of nitrogens with zero attached hydrogens (tertiary/aromatic N) is 1. The maximum absolute atomic E-state index is 12.5. The first-order valence-electron chi connectivity index (χ1n) is 6.34. The highest BCUT2D eigenvalue weighted by Gasteiger charge is 2.26. The van der Waals surface area contributed by atoms with Crippen LogP contribution in [0.2, 0.25) is 0 Å². The standard InChI is InChI=1S/C13H21N3O3S/c1-10(2)8-16(9-13(15)17)20(18,19)12-5-3-4-11(6-12)7-14/h3-6,10H,7-9,14H2,1-2H3,(H2,15,17). The lowest BCUT2D eigenvalue weighted by atomic mass is 10.2. The van der Waals surface area contributed by atoms with Crippen molar-refractivity contribution in [3.8, 4) is 0 Å². The molecule has 0 aliphatic carbocycles. The topological polar surface area (TPSA) is 106 Å². The van der Waals surface area contributed by atoms with Gasteiger partial charge in [0.15, 0.2) is 0 Å². The fourth-order valence-corrected chi connectivity index (χ4v) is 3.45. The summed E-state index contributed by atoms with van der Waals surface area (Å²) >= 11 is 0. The van der Waals surface area contributed by atoms with Gasteiger partial charge in [-0.2, -0.15) is 4.31 Å². The van der Waals surface area contributed by atoms with Crippen LogP contribution >= 0.6 is 0 Å². The minimum absolute atomic E-state index is 0.0850. The molecule has 0 spiro atoms. The first kappa shape index (κ1) is 16.6. The molecule has 1 rings (SSSR count). The summed E-state index contributed by atoms with van der Waals surface area (Å²) in [4.78, 5) is 11.2. The largest absolute Gasteiger partial charge is 0.369 e. The number of benzene rings is 1. The molecule has 1 aromatic carbocycles. The zero-order valence-corrected chi connectivity index (χ0v) is 12.6. The highest BCUT2D eigenvalue weighted by Crippen LogP contribution is 2.18. The third kappa shape index (κ3) is 4.29. The van der Waals surface area contributed by atoms with Gasteiger partial charge in [0, 0.05) is 13.1 Å². The molecular formula is C13H21N3O3S. The van der Waals surface area contributed by atoms with E-state index in [9.17, 15) is 13.2 Å². The van der Waals surface area contributed by atoms with Crippen LogP contribution in [-0.4, -0.2) is 31.7 Å². The minimum atomic E-state index is -3.75. The molecule has 0 aromatic heterocycles. The fraction of sp³-hybridized carbons (Fsp3) is 0.462. The lowest BCUT2D eigenvalue weighted by Gasteiger charge is -2.22. The van der Waals surface area contributed by atoms with E-state index >= 15 is 0 Å². The van der Waals surface area contributed by atoms with E-state index in [1.807, 2.05) is 13.8 Å². The van der Waals surface area contributed by atoms with Gasteiger partial charge in [-0.3, -0.25) is 4.79 Å². The van der Waals surface area contributed by atoms with Crippen molar-refractivity contribution in [1.82, 2.24) is 4.31 Å². The Labute approximate surface area is 119 Å². The lowest BCUT2D eigenvalue weighted by molar-refractivity contribution is -0.118. The van der Waals surface area contributed by atoms with Crippen LogP contribution in [0.5, 0.6) is 0 Å². The van der Waals surface area contributed by atoms with Gasteiger partial charge in [0.1, 0.15) is 0 Å². The number of carbonyl (C=O) groups is 1. The second-order valence-electron chi connectivity index (χ2n) is 5.01. The molecule has 6 nitrogen and oxygen atoms in total. The molecule has 0 radical (unpaired) electrons. The van der Waals surface area contributed by atoms with Crippen molar-refractivity contribution >= 4 is 15.9 Å². The van der Waals surface area contributed by atoms with Crippen molar-refractivity contribution < 1.29 is 13.2 Å². The Hall–Kier alpha value is -1.44. The summed E-state index contributed by atoms with van der Waals surface area (Å²) in [5, 5.41) is 0. The first-order chi connectivity index (χ1) is 9.27. The molecule has 112 valence electrons. The second-order valence-corrected chi connectivity index (χ2v) is 6.95. The first-order valence-corrected chi connectivity index (χ1v) is 7.79. The summed E-state index contributed by atoms with van der Waals surface area (Å²) in [5.41, 5.74) is 11.4. The highest BCUT2D eigenvalue weighted by molar-refractivity contribution is 7.89. The summed E-state index contributed by atoms with van der Waals surface area (Å²) in [5.74, 6) is -0.592. The molecule has 0 aliphatic heterocycles. The Bertz CT molecular complexity index is 570. The van der Waals surface area contributed by atoms with Crippen molar-refractivity contribution in [3.05, 3.63) is 29.8 Å². The number of sulfonamides is 1.